The summed E-state index contributed by atoms with van der Waals surface area (Å²) in [4.78, 5) is 12.1. The maximum Gasteiger partial charge on any atom is 0.339 e. The van der Waals surface area contributed by atoms with Crippen molar-refractivity contribution in [1.29, 1.82) is 0 Å². The van der Waals surface area contributed by atoms with Gasteiger partial charge >= 0.3 is 5.97 Å². The molecule has 0 amide bonds. The van der Waals surface area contributed by atoms with Crippen molar-refractivity contribution in [2.24, 2.45) is 0 Å². The number of hydrogen-bond acceptors (Lipinski definition) is 3. The van der Waals surface area contributed by atoms with Crippen LogP contribution in [0.1, 0.15) is 27.6 Å². The van der Waals surface area contributed by atoms with Crippen molar-refractivity contribution in [3.63, 3.8) is 0 Å². The summed E-state index contributed by atoms with van der Waals surface area (Å²) in [7, 11) is 0. The molecule has 0 saturated heterocycles. The van der Waals surface area contributed by atoms with Crippen LogP contribution in [0.3, 0.4) is 0 Å². The highest BCUT2D eigenvalue weighted by atomic mass is 16.5. The monoisotopic (exact) mass is 301 g/mol. The highest BCUT2D eigenvalue weighted by Crippen LogP contribution is 2.39. The quantitative estimate of drug-likeness (QED) is 0.713. The molecule has 0 fully saturated rings. The van der Waals surface area contributed by atoms with Crippen LogP contribution >= 0.6 is 0 Å². The summed E-state index contributed by atoms with van der Waals surface area (Å²) >= 11 is 0. The van der Waals surface area contributed by atoms with E-state index in [1.807, 2.05) is 78.9 Å². The van der Waals surface area contributed by atoms with Gasteiger partial charge in [-0.15, -0.1) is 0 Å². The molecule has 4 rings (SSSR count). The SMILES string of the molecule is O=C1OC(c2ccccc2Nc2ccccc2)c2ccccc21. The number of carbonyl (C=O) groups excluding carboxylic acids is 1. The molecule has 1 N–H and O–H groups in total. The number of nitrogens with one attached hydrogen (secondary N) is 1. The van der Waals surface area contributed by atoms with Gasteiger partial charge in [-0.1, -0.05) is 54.6 Å². The van der Waals surface area contributed by atoms with Crippen molar-refractivity contribution in [2.75, 3.05) is 5.32 Å². The maximum atomic E-state index is 12.1. The van der Waals surface area contributed by atoms with Crippen LogP contribution in [0.2, 0.25) is 0 Å². The van der Waals surface area contributed by atoms with Crippen LogP contribution in [0, 0.1) is 0 Å². The van der Waals surface area contributed by atoms with Crippen molar-refractivity contribution in [1.82, 2.24) is 0 Å². The largest absolute Gasteiger partial charge is 0.449 e. The third kappa shape index (κ3) is 2.46. The lowest BCUT2D eigenvalue weighted by atomic mass is 9.98. The van der Waals surface area contributed by atoms with E-state index in [0.29, 0.717) is 5.56 Å². The second kappa shape index (κ2) is 5.61. The average molecular weight is 301 g/mol. The van der Waals surface area contributed by atoms with E-state index in [1.165, 1.54) is 0 Å². The topological polar surface area (TPSA) is 38.3 Å². The van der Waals surface area contributed by atoms with Crippen molar-refractivity contribution >= 4 is 17.3 Å². The first-order valence-electron chi connectivity index (χ1n) is 7.54. The Bertz CT molecular complexity index is 858. The molecule has 1 aliphatic heterocycles. The molecule has 0 spiro atoms. The molecule has 1 heterocycles. The Hall–Kier alpha value is -3.07. The summed E-state index contributed by atoms with van der Waals surface area (Å²) in [6.07, 6.45) is -0.369. The van der Waals surface area contributed by atoms with Crippen LogP contribution in [0.25, 0.3) is 0 Å². The predicted octanol–water partition coefficient (Wildman–Crippen LogP) is 4.69. The number of anilines is 2. The standard InChI is InChI=1S/C20H15NO2/c22-20-16-11-5-4-10-15(16)19(23-20)17-12-6-7-13-18(17)21-14-8-2-1-3-9-14/h1-13,19,21H. The molecule has 0 aliphatic carbocycles. The number of rotatable bonds is 3. The second-order valence-corrected chi connectivity index (χ2v) is 5.45. The fourth-order valence-electron chi connectivity index (χ4n) is 2.89. The van der Waals surface area contributed by atoms with Gasteiger partial charge in [0, 0.05) is 22.5 Å². The van der Waals surface area contributed by atoms with E-state index in [1.54, 1.807) is 0 Å². The first kappa shape index (κ1) is 13.6. The number of carbonyl (C=O) groups is 1. The van der Waals surface area contributed by atoms with E-state index in [-0.39, 0.29) is 12.1 Å². The number of hydrogen-bond donors (Lipinski definition) is 1. The molecule has 0 aromatic heterocycles. The van der Waals surface area contributed by atoms with Crippen LogP contribution < -0.4 is 5.32 Å². The first-order valence-corrected chi connectivity index (χ1v) is 7.54. The smallest absolute Gasteiger partial charge is 0.339 e. The van der Waals surface area contributed by atoms with Crippen LogP contribution in [-0.4, -0.2) is 5.97 Å². The molecule has 1 aliphatic rings. The minimum Gasteiger partial charge on any atom is -0.449 e. The Morgan fingerprint density at radius 3 is 2.22 bits per heavy atom. The van der Waals surface area contributed by atoms with E-state index in [4.69, 9.17) is 4.74 Å². The Kier molecular flexibility index (Phi) is 3.31. The summed E-state index contributed by atoms with van der Waals surface area (Å²) < 4.78 is 5.62. The fraction of sp³-hybridized carbons (Fsp3) is 0.0500. The van der Waals surface area contributed by atoms with Crippen LogP contribution in [-0.2, 0) is 4.74 Å². The number of benzene rings is 3. The lowest BCUT2D eigenvalue weighted by molar-refractivity contribution is 0.0457. The van der Waals surface area contributed by atoms with Crippen molar-refractivity contribution < 1.29 is 9.53 Å². The van der Waals surface area contributed by atoms with Gasteiger partial charge in [-0.3, -0.25) is 0 Å². The molecule has 0 saturated carbocycles. The molecule has 3 aromatic rings. The number of cyclic esters (lactones) is 1. The highest BCUT2D eigenvalue weighted by Gasteiger charge is 2.32. The minimum atomic E-state index is -0.369. The van der Waals surface area contributed by atoms with E-state index < -0.39 is 0 Å². The predicted molar refractivity (Wildman–Crippen MR) is 89.9 cm³/mol. The summed E-state index contributed by atoms with van der Waals surface area (Å²) in [6.45, 7) is 0. The molecule has 0 bridgehead atoms. The molecule has 112 valence electrons. The van der Waals surface area contributed by atoms with Gasteiger partial charge < -0.3 is 10.1 Å². The van der Waals surface area contributed by atoms with Gasteiger partial charge in [0.2, 0.25) is 0 Å². The Morgan fingerprint density at radius 2 is 1.39 bits per heavy atom. The lowest BCUT2D eigenvalue weighted by Crippen LogP contribution is -2.04. The van der Waals surface area contributed by atoms with Gasteiger partial charge in [-0.05, 0) is 24.3 Å². The number of ether oxygens (including phenoxy) is 1. The van der Waals surface area contributed by atoms with E-state index in [0.717, 1.165) is 22.5 Å². The van der Waals surface area contributed by atoms with Crippen molar-refractivity contribution in [2.45, 2.75) is 6.10 Å². The van der Waals surface area contributed by atoms with Crippen molar-refractivity contribution in [3.05, 3.63) is 95.6 Å². The van der Waals surface area contributed by atoms with Crippen LogP contribution in [0.4, 0.5) is 11.4 Å². The van der Waals surface area contributed by atoms with E-state index in [9.17, 15) is 4.79 Å². The normalized spacial score (nSPS) is 15.8. The minimum absolute atomic E-state index is 0.264. The lowest BCUT2D eigenvalue weighted by Gasteiger charge is -2.17. The zero-order chi connectivity index (χ0) is 15.6. The van der Waals surface area contributed by atoms with Crippen molar-refractivity contribution in [3.8, 4) is 0 Å². The second-order valence-electron chi connectivity index (χ2n) is 5.45. The van der Waals surface area contributed by atoms with Gasteiger partial charge in [0.15, 0.2) is 6.10 Å². The number of para-hydroxylation sites is 2. The summed E-state index contributed by atoms with van der Waals surface area (Å²) in [6, 6.07) is 25.4. The highest BCUT2D eigenvalue weighted by molar-refractivity contribution is 5.94. The molecule has 1 atom stereocenters. The zero-order valence-corrected chi connectivity index (χ0v) is 12.4. The summed E-state index contributed by atoms with van der Waals surface area (Å²) in [5.74, 6) is -0.264. The molecule has 0 radical (unpaired) electrons. The van der Waals surface area contributed by atoms with E-state index >= 15 is 0 Å². The molecule has 3 nitrogen and oxygen atoms in total. The van der Waals surface area contributed by atoms with E-state index in [2.05, 4.69) is 5.32 Å². The molecule has 23 heavy (non-hydrogen) atoms. The Balaban J connectivity index is 1.75. The van der Waals surface area contributed by atoms with Gasteiger partial charge in [-0.25, -0.2) is 4.79 Å². The Labute approximate surface area is 134 Å². The number of fused-ring (bicyclic) bond motifs is 1. The van der Waals surface area contributed by atoms with Gasteiger partial charge in [0.05, 0.1) is 5.56 Å². The van der Waals surface area contributed by atoms with Crippen LogP contribution in [0.15, 0.2) is 78.9 Å². The molecule has 3 aromatic carbocycles. The summed E-state index contributed by atoms with van der Waals surface area (Å²) in [5.41, 5.74) is 4.45. The third-order valence-electron chi connectivity index (χ3n) is 3.98. The molecule has 1 unspecified atom stereocenters. The Morgan fingerprint density at radius 1 is 0.739 bits per heavy atom. The first-order chi connectivity index (χ1) is 11.3. The summed E-state index contributed by atoms with van der Waals surface area (Å²) in [5, 5.41) is 3.40. The van der Waals surface area contributed by atoms with Gasteiger partial charge in [0.25, 0.3) is 0 Å². The third-order valence-corrected chi connectivity index (χ3v) is 3.98. The van der Waals surface area contributed by atoms with Crippen LogP contribution in [0.5, 0.6) is 0 Å². The number of esters is 1. The maximum absolute atomic E-state index is 12.1. The molecular formula is C20H15NO2. The molecule has 3 heteroatoms. The van der Waals surface area contributed by atoms with Gasteiger partial charge in [-0.2, -0.15) is 0 Å². The molecular weight excluding hydrogens is 286 g/mol. The van der Waals surface area contributed by atoms with Gasteiger partial charge in [0.1, 0.15) is 0 Å². The average Bonchev–Trinajstić information content (AvgIpc) is 2.94. The fourth-order valence-corrected chi connectivity index (χ4v) is 2.89. The zero-order valence-electron chi connectivity index (χ0n) is 12.4.